The molecule has 0 bridgehead atoms. The summed E-state index contributed by atoms with van der Waals surface area (Å²) in [6.07, 6.45) is 0.910. The summed E-state index contributed by atoms with van der Waals surface area (Å²) in [5.41, 5.74) is 0. The Hall–Kier alpha value is -0.910. The Morgan fingerprint density at radius 3 is 2.56 bits per heavy atom. The fourth-order valence-electron chi connectivity index (χ4n) is 1.45. The number of amides is 2. The Bertz CT molecular complexity index is 260. The molecule has 2 amide bonds. The van der Waals surface area contributed by atoms with Crippen molar-refractivity contribution in [2.75, 3.05) is 31.1 Å². The van der Waals surface area contributed by atoms with Gasteiger partial charge in [-0.15, -0.1) is 0 Å². The van der Waals surface area contributed by atoms with Gasteiger partial charge < -0.3 is 15.3 Å². The molecule has 0 spiro atoms. The molecule has 0 saturated heterocycles. The lowest BCUT2D eigenvalue weighted by molar-refractivity contribution is -0.137. The molecule has 2 N–H and O–H groups in total. The lowest BCUT2D eigenvalue weighted by Crippen LogP contribution is -2.44. The van der Waals surface area contributed by atoms with Crippen molar-refractivity contribution in [1.82, 2.24) is 10.2 Å². The van der Waals surface area contributed by atoms with E-state index < -0.39 is 5.97 Å². The minimum atomic E-state index is -0.979. The van der Waals surface area contributed by atoms with Gasteiger partial charge in [0.1, 0.15) is 6.54 Å². The van der Waals surface area contributed by atoms with Crippen LogP contribution in [0.3, 0.4) is 0 Å². The summed E-state index contributed by atoms with van der Waals surface area (Å²) >= 11 is 1.83. The highest BCUT2D eigenvalue weighted by atomic mass is 32.2. The van der Waals surface area contributed by atoms with Gasteiger partial charge in [-0.3, -0.25) is 4.79 Å². The number of carboxylic acids is 1. The second-order valence-corrected chi connectivity index (χ2v) is 5.84. The van der Waals surface area contributed by atoms with E-state index in [4.69, 9.17) is 5.11 Å². The van der Waals surface area contributed by atoms with Gasteiger partial charge in [0.05, 0.1) is 0 Å². The van der Waals surface area contributed by atoms with E-state index in [1.807, 2.05) is 25.6 Å². The van der Waals surface area contributed by atoms with E-state index in [0.29, 0.717) is 13.1 Å². The summed E-state index contributed by atoms with van der Waals surface area (Å²) in [4.78, 5) is 23.8. The van der Waals surface area contributed by atoms with Gasteiger partial charge in [-0.25, -0.2) is 4.79 Å². The molecular weight excluding hydrogens is 252 g/mol. The van der Waals surface area contributed by atoms with Gasteiger partial charge in [-0.2, -0.15) is 11.8 Å². The second kappa shape index (κ2) is 10.1. The zero-order valence-electron chi connectivity index (χ0n) is 11.4. The quantitative estimate of drug-likeness (QED) is 0.631. The van der Waals surface area contributed by atoms with E-state index in [1.54, 1.807) is 0 Å². The molecule has 0 aliphatic carbocycles. The number of carbonyl (C=O) groups excluding carboxylic acids is 1. The van der Waals surface area contributed by atoms with Crippen LogP contribution in [0.5, 0.6) is 0 Å². The van der Waals surface area contributed by atoms with Crippen LogP contribution in [0.4, 0.5) is 4.79 Å². The van der Waals surface area contributed by atoms with Crippen LogP contribution in [-0.2, 0) is 4.79 Å². The number of carbonyl (C=O) groups is 2. The molecule has 0 atom stereocenters. The van der Waals surface area contributed by atoms with Crippen LogP contribution in [0, 0.1) is 5.92 Å². The van der Waals surface area contributed by atoms with Gasteiger partial charge in [-0.1, -0.05) is 20.8 Å². The van der Waals surface area contributed by atoms with E-state index in [1.165, 1.54) is 4.90 Å². The number of nitrogens with zero attached hydrogens (tertiary/aromatic N) is 1. The van der Waals surface area contributed by atoms with Gasteiger partial charge in [0.2, 0.25) is 0 Å². The molecule has 106 valence electrons. The number of urea groups is 1. The first kappa shape index (κ1) is 17.1. The van der Waals surface area contributed by atoms with Crippen LogP contribution in [0.1, 0.15) is 27.2 Å². The molecule has 0 aromatic carbocycles. The predicted octanol–water partition coefficient (Wildman–Crippen LogP) is 1.88. The van der Waals surface area contributed by atoms with Gasteiger partial charge in [0.25, 0.3) is 0 Å². The highest BCUT2D eigenvalue weighted by Crippen LogP contribution is 2.01. The summed E-state index contributed by atoms with van der Waals surface area (Å²) in [5, 5.41) is 11.5. The third-order valence-electron chi connectivity index (χ3n) is 2.14. The fourth-order valence-corrected chi connectivity index (χ4v) is 2.09. The average molecular weight is 276 g/mol. The Kier molecular flexibility index (Phi) is 9.55. The average Bonchev–Trinajstić information content (AvgIpc) is 2.26. The van der Waals surface area contributed by atoms with Crippen LogP contribution in [0.2, 0.25) is 0 Å². The predicted molar refractivity (Wildman–Crippen MR) is 75.1 cm³/mol. The van der Waals surface area contributed by atoms with Crippen molar-refractivity contribution >= 4 is 23.8 Å². The number of thioether (sulfide) groups is 1. The topological polar surface area (TPSA) is 69.6 Å². The fraction of sp³-hybridized carbons (Fsp3) is 0.833. The molecule has 0 heterocycles. The SMILES string of the molecule is CCSCCCNC(=O)N(CC(=O)O)CC(C)C. The third-order valence-corrected chi connectivity index (χ3v) is 3.13. The van der Waals surface area contributed by atoms with Crippen molar-refractivity contribution in [3.05, 3.63) is 0 Å². The van der Waals surface area contributed by atoms with Crippen LogP contribution >= 0.6 is 11.8 Å². The standard InChI is InChI=1S/C12H24N2O3S/c1-4-18-7-5-6-13-12(17)14(8-10(2)3)9-11(15)16/h10H,4-9H2,1-3H3,(H,13,17)(H,15,16). The Labute approximate surface area is 113 Å². The lowest BCUT2D eigenvalue weighted by atomic mass is 10.2. The van der Waals surface area contributed by atoms with Crippen molar-refractivity contribution < 1.29 is 14.7 Å². The van der Waals surface area contributed by atoms with Crippen molar-refractivity contribution in [1.29, 1.82) is 0 Å². The Morgan fingerprint density at radius 1 is 1.39 bits per heavy atom. The monoisotopic (exact) mass is 276 g/mol. The zero-order chi connectivity index (χ0) is 14.0. The maximum absolute atomic E-state index is 11.8. The molecule has 0 aromatic heterocycles. The maximum Gasteiger partial charge on any atom is 0.323 e. The summed E-state index contributed by atoms with van der Waals surface area (Å²) in [6.45, 7) is 6.83. The van der Waals surface area contributed by atoms with Crippen LogP contribution in [0.25, 0.3) is 0 Å². The van der Waals surface area contributed by atoms with Crippen molar-refractivity contribution in [2.24, 2.45) is 5.92 Å². The molecule has 0 fully saturated rings. The number of aliphatic carboxylic acids is 1. The third kappa shape index (κ3) is 9.15. The van der Waals surface area contributed by atoms with Crippen LogP contribution < -0.4 is 5.32 Å². The highest BCUT2D eigenvalue weighted by molar-refractivity contribution is 7.99. The van der Waals surface area contributed by atoms with Gasteiger partial charge in [0.15, 0.2) is 0 Å². The largest absolute Gasteiger partial charge is 0.480 e. The van der Waals surface area contributed by atoms with Crippen molar-refractivity contribution in [3.8, 4) is 0 Å². The van der Waals surface area contributed by atoms with Crippen molar-refractivity contribution in [2.45, 2.75) is 27.2 Å². The molecular formula is C12H24N2O3S. The minimum absolute atomic E-state index is 0.242. The molecule has 0 aromatic rings. The Morgan fingerprint density at radius 2 is 2.06 bits per heavy atom. The summed E-state index contributed by atoms with van der Waals surface area (Å²) in [6, 6.07) is -0.285. The van der Waals surface area contributed by atoms with E-state index in [9.17, 15) is 9.59 Å². The van der Waals surface area contributed by atoms with Crippen LogP contribution in [0.15, 0.2) is 0 Å². The van der Waals surface area contributed by atoms with Crippen LogP contribution in [-0.4, -0.2) is 53.1 Å². The van der Waals surface area contributed by atoms with Gasteiger partial charge in [-0.05, 0) is 23.8 Å². The minimum Gasteiger partial charge on any atom is -0.480 e. The molecule has 18 heavy (non-hydrogen) atoms. The summed E-state index contributed by atoms with van der Waals surface area (Å²) in [7, 11) is 0. The number of carboxylic acid groups (broad SMARTS) is 1. The number of nitrogens with one attached hydrogen (secondary N) is 1. The summed E-state index contributed by atoms with van der Waals surface area (Å²) < 4.78 is 0. The first-order chi connectivity index (χ1) is 8.47. The smallest absolute Gasteiger partial charge is 0.323 e. The molecule has 6 heteroatoms. The normalized spacial score (nSPS) is 10.4. The first-order valence-corrected chi connectivity index (χ1v) is 7.45. The summed E-state index contributed by atoms with van der Waals surface area (Å²) in [5.74, 6) is 1.37. The van der Waals surface area contributed by atoms with Crippen molar-refractivity contribution in [3.63, 3.8) is 0 Å². The number of hydrogen-bond donors (Lipinski definition) is 2. The molecule has 0 aliphatic rings. The first-order valence-electron chi connectivity index (χ1n) is 6.29. The lowest BCUT2D eigenvalue weighted by Gasteiger charge is -2.23. The zero-order valence-corrected chi connectivity index (χ0v) is 12.3. The molecule has 5 nitrogen and oxygen atoms in total. The second-order valence-electron chi connectivity index (χ2n) is 4.45. The molecule has 0 saturated carbocycles. The van der Waals surface area contributed by atoms with Gasteiger partial charge >= 0.3 is 12.0 Å². The van der Waals surface area contributed by atoms with E-state index in [-0.39, 0.29) is 18.5 Å². The Balaban J connectivity index is 4.00. The van der Waals surface area contributed by atoms with E-state index in [2.05, 4.69) is 12.2 Å². The highest BCUT2D eigenvalue weighted by Gasteiger charge is 2.17. The maximum atomic E-state index is 11.8. The molecule has 0 aliphatic heterocycles. The van der Waals surface area contributed by atoms with Gasteiger partial charge in [0, 0.05) is 13.1 Å². The number of rotatable bonds is 9. The molecule has 0 rings (SSSR count). The number of hydrogen-bond acceptors (Lipinski definition) is 3. The van der Waals surface area contributed by atoms with E-state index in [0.717, 1.165) is 17.9 Å². The van der Waals surface area contributed by atoms with E-state index >= 15 is 0 Å². The molecule has 0 radical (unpaired) electrons. The molecule has 0 unspecified atom stereocenters.